The molecule has 2 rings (SSSR count). The van der Waals surface area contributed by atoms with E-state index >= 15 is 0 Å². The summed E-state index contributed by atoms with van der Waals surface area (Å²) in [5.74, 6) is 5.98. The lowest BCUT2D eigenvalue weighted by Gasteiger charge is -2.06. The van der Waals surface area contributed by atoms with Crippen LogP contribution in [-0.4, -0.2) is 4.92 Å². The van der Waals surface area contributed by atoms with Gasteiger partial charge in [-0.2, -0.15) is 0 Å². The summed E-state index contributed by atoms with van der Waals surface area (Å²) in [5, 5.41) is 11.5. The van der Waals surface area contributed by atoms with Gasteiger partial charge in [-0.05, 0) is 29.8 Å². The third kappa shape index (κ3) is 3.63. The average molecular weight is 310 g/mol. The van der Waals surface area contributed by atoms with Crippen LogP contribution in [0.25, 0.3) is 0 Å². The minimum Gasteiger partial charge on any atom is -0.318 e. The zero-order valence-electron chi connectivity index (χ0n) is 10.4. The molecule has 0 atom stereocenters. The average Bonchev–Trinajstić information content (AvgIpc) is 2.44. The number of nitro benzene ring substituents is 1. The molecule has 0 aliphatic heterocycles. The zero-order chi connectivity index (χ0) is 14.5. The molecular formula is C13H12ClN3O2S. The van der Waals surface area contributed by atoms with Crippen molar-refractivity contribution in [2.75, 3.05) is 5.43 Å². The second-order valence-electron chi connectivity index (χ2n) is 4.00. The van der Waals surface area contributed by atoms with E-state index in [9.17, 15) is 10.1 Å². The first-order valence-corrected chi connectivity index (χ1v) is 7.09. The second kappa shape index (κ2) is 6.60. The number of nitrogens with two attached hydrogens (primary N) is 1. The molecule has 2 aromatic rings. The molecule has 5 nitrogen and oxygen atoms in total. The Morgan fingerprint density at radius 1 is 1.30 bits per heavy atom. The van der Waals surface area contributed by atoms with Crippen LogP contribution in [-0.2, 0) is 5.75 Å². The molecule has 0 fully saturated rings. The minimum atomic E-state index is -0.469. The second-order valence-corrected chi connectivity index (χ2v) is 5.48. The lowest BCUT2D eigenvalue weighted by Crippen LogP contribution is -2.09. The van der Waals surface area contributed by atoms with Crippen LogP contribution < -0.4 is 11.3 Å². The van der Waals surface area contributed by atoms with E-state index in [0.717, 1.165) is 10.5 Å². The van der Waals surface area contributed by atoms with E-state index < -0.39 is 4.92 Å². The predicted molar refractivity (Wildman–Crippen MR) is 81.9 cm³/mol. The van der Waals surface area contributed by atoms with Crippen molar-refractivity contribution in [2.45, 2.75) is 10.6 Å². The van der Waals surface area contributed by atoms with Crippen molar-refractivity contribution in [3.8, 4) is 0 Å². The van der Waals surface area contributed by atoms with Crippen molar-refractivity contribution in [3.05, 3.63) is 63.2 Å². The number of hydrazine groups is 1. The van der Waals surface area contributed by atoms with Gasteiger partial charge in [-0.25, -0.2) is 0 Å². The molecule has 7 heteroatoms. The summed E-state index contributed by atoms with van der Waals surface area (Å²) in [6, 6.07) is 12.4. The van der Waals surface area contributed by atoms with E-state index in [0.29, 0.717) is 16.5 Å². The number of nitro groups is 1. The Kier molecular flexibility index (Phi) is 4.84. The fourth-order valence-electron chi connectivity index (χ4n) is 1.67. The van der Waals surface area contributed by atoms with Gasteiger partial charge in [0.15, 0.2) is 0 Å². The van der Waals surface area contributed by atoms with E-state index in [1.165, 1.54) is 6.07 Å². The van der Waals surface area contributed by atoms with E-state index in [2.05, 4.69) is 5.43 Å². The van der Waals surface area contributed by atoms with E-state index in [1.807, 2.05) is 24.3 Å². The van der Waals surface area contributed by atoms with E-state index in [-0.39, 0.29) is 5.69 Å². The van der Waals surface area contributed by atoms with Crippen molar-refractivity contribution >= 4 is 34.7 Å². The Labute approximate surface area is 125 Å². The minimum absolute atomic E-state index is 0.0380. The van der Waals surface area contributed by atoms with Crippen LogP contribution in [0.4, 0.5) is 11.4 Å². The predicted octanol–water partition coefficient (Wildman–Crippen LogP) is 3.83. The summed E-state index contributed by atoms with van der Waals surface area (Å²) in [5.41, 5.74) is 3.56. The fourth-order valence-corrected chi connectivity index (χ4v) is 2.82. The van der Waals surface area contributed by atoms with Gasteiger partial charge in [0, 0.05) is 21.7 Å². The van der Waals surface area contributed by atoms with Crippen molar-refractivity contribution in [1.29, 1.82) is 0 Å². The number of nitrogens with zero attached hydrogens (tertiary/aromatic N) is 1. The van der Waals surface area contributed by atoms with E-state index in [4.69, 9.17) is 17.4 Å². The topological polar surface area (TPSA) is 81.2 Å². The van der Waals surface area contributed by atoms with Crippen LogP contribution in [0.3, 0.4) is 0 Å². The number of benzene rings is 2. The van der Waals surface area contributed by atoms with Crippen LogP contribution >= 0.6 is 23.4 Å². The third-order valence-corrected chi connectivity index (χ3v) is 3.91. The number of thioether (sulfide) groups is 1. The van der Waals surface area contributed by atoms with Crippen molar-refractivity contribution < 1.29 is 4.92 Å². The van der Waals surface area contributed by atoms with Crippen LogP contribution in [0.1, 0.15) is 5.56 Å². The van der Waals surface area contributed by atoms with Gasteiger partial charge in [0.1, 0.15) is 5.69 Å². The lowest BCUT2D eigenvalue weighted by molar-refractivity contribution is -0.384. The monoisotopic (exact) mass is 309 g/mol. The summed E-state index contributed by atoms with van der Waals surface area (Å²) >= 11 is 7.51. The highest BCUT2D eigenvalue weighted by atomic mass is 35.5. The lowest BCUT2D eigenvalue weighted by atomic mass is 10.2. The number of hydrogen-bond donors (Lipinski definition) is 2. The number of nitrogen functional groups attached to an aromatic ring is 1. The van der Waals surface area contributed by atoms with E-state index in [1.54, 1.807) is 23.9 Å². The molecule has 2 aromatic carbocycles. The summed E-state index contributed by atoms with van der Waals surface area (Å²) in [4.78, 5) is 11.4. The van der Waals surface area contributed by atoms with Crippen LogP contribution in [0, 0.1) is 10.1 Å². The van der Waals surface area contributed by atoms with Crippen molar-refractivity contribution in [2.24, 2.45) is 5.84 Å². The van der Waals surface area contributed by atoms with Gasteiger partial charge in [-0.3, -0.25) is 16.0 Å². The molecule has 0 aliphatic carbocycles. The molecule has 0 bridgehead atoms. The summed E-state index contributed by atoms with van der Waals surface area (Å²) in [6.07, 6.45) is 0. The molecule has 0 amide bonds. The SMILES string of the molecule is NNc1cc(CSc2cccc(Cl)c2)ccc1[N+](=O)[O-]. The smallest absolute Gasteiger partial charge is 0.293 e. The quantitative estimate of drug-likeness (QED) is 0.380. The molecule has 0 saturated carbocycles. The normalized spacial score (nSPS) is 10.3. The molecule has 0 spiro atoms. The zero-order valence-corrected chi connectivity index (χ0v) is 11.9. The highest BCUT2D eigenvalue weighted by Gasteiger charge is 2.13. The van der Waals surface area contributed by atoms with Gasteiger partial charge in [0.25, 0.3) is 5.69 Å². The largest absolute Gasteiger partial charge is 0.318 e. The van der Waals surface area contributed by atoms with Gasteiger partial charge in [-0.15, -0.1) is 11.8 Å². The van der Waals surface area contributed by atoms with Gasteiger partial charge in [-0.1, -0.05) is 23.7 Å². The Bertz CT molecular complexity index is 637. The summed E-state index contributed by atoms with van der Waals surface area (Å²) < 4.78 is 0. The highest BCUT2D eigenvalue weighted by Crippen LogP contribution is 2.29. The van der Waals surface area contributed by atoms with Gasteiger partial charge < -0.3 is 5.43 Å². The first kappa shape index (κ1) is 14.6. The fraction of sp³-hybridized carbons (Fsp3) is 0.0769. The van der Waals surface area contributed by atoms with Crippen LogP contribution in [0.5, 0.6) is 0 Å². The summed E-state index contributed by atoms with van der Waals surface area (Å²) in [7, 11) is 0. The van der Waals surface area contributed by atoms with Gasteiger partial charge in [0.05, 0.1) is 4.92 Å². The molecule has 0 radical (unpaired) electrons. The number of anilines is 1. The molecular weight excluding hydrogens is 298 g/mol. The number of hydrogen-bond acceptors (Lipinski definition) is 5. The molecule has 104 valence electrons. The maximum atomic E-state index is 10.8. The molecule has 0 aliphatic rings. The maximum absolute atomic E-state index is 10.8. The Balaban J connectivity index is 2.12. The first-order valence-electron chi connectivity index (χ1n) is 5.72. The van der Waals surface area contributed by atoms with Gasteiger partial charge in [0.2, 0.25) is 0 Å². The molecule has 0 unspecified atom stereocenters. The van der Waals surface area contributed by atoms with Gasteiger partial charge >= 0.3 is 0 Å². The Hall–Kier alpha value is -1.76. The molecule has 0 aromatic heterocycles. The maximum Gasteiger partial charge on any atom is 0.293 e. The number of halogens is 1. The van der Waals surface area contributed by atoms with Crippen LogP contribution in [0.2, 0.25) is 5.02 Å². The Morgan fingerprint density at radius 3 is 2.75 bits per heavy atom. The molecule has 0 saturated heterocycles. The van der Waals surface area contributed by atoms with Crippen LogP contribution in [0.15, 0.2) is 47.4 Å². The third-order valence-electron chi connectivity index (χ3n) is 2.61. The standard InChI is InChI=1S/C13H12ClN3O2S/c14-10-2-1-3-11(7-10)20-8-9-4-5-13(17(18)19)12(6-9)16-15/h1-7,16H,8,15H2. The summed E-state index contributed by atoms with van der Waals surface area (Å²) in [6.45, 7) is 0. The van der Waals surface area contributed by atoms with Crippen molar-refractivity contribution in [3.63, 3.8) is 0 Å². The highest BCUT2D eigenvalue weighted by molar-refractivity contribution is 7.98. The Morgan fingerprint density at radius 2 is 2.10 bits per heavy atom. The van der Waals surface area contributed by atoms with Crippen molar-refractivity contribution in [1.82, 2.24) is 0 Å². The number of rotatable bonds is 5. The molecule has 20 heavy (non-hydrogen) atoms. The molecule has 0 heterocycles. The molecule has 3 N–H and O–H groups in total. The first-order chi connectivity index (χ1) is 9.60. The number of nitrogens with one attached hydrogen (secondary N) is 1.